The lowest BCUT2D eigenvalue weighted by molar-refractivity contribution is -0.120. The van der Waals surface area contributed by atoms with E-state index in [9.17, 15) is 9.59 Å². The van der Waals surface area contributed by atoms with Gasteiger partial charge in [-0.25, -0.2) is 0 Å². The molecule has 2 atom stereocenters. The molecular formula is C15H20ClN3O2. The predicted octanol–water partition coefficient (Wildman–Crippen LogP) is 2.63. The first-order chi connectivity index (χ1) is 10.0. The lowest BCUT2D eigenvalue weighted by Crippen LogP contribution is -2.32. The van der Waals surface area contributed by atoms with Gasteiger partial charge >= 0.3 is 0 Å². The van der Waals surface area contributed by atoms with Crippen molar-refractivity contribution in [2.24, 2.45) is 5.92 Å². The number of amides is 2. The van der Waals surface area contributed by atoms with Crippen LogP contribution in [-0.2, 0) is 9.59 Å². The van der Waals surface area contributed by atoms with Gasteiger partial charge in [0.05, 0.1) is 16.6 Å². The zero-order valence-electron chi connectivity index (χ0n) is 12.2. The largest absolute Gasteiger partial charge is 0.326 e. The molecule has 0 saturated carbocycles. The molecule has 0 aliphatic carbocycles. The standard InChI is InChI=1S/C15H20ClN3O2/c1-3-14(20)18-10-4-5-12(16)13(8-10)19-15(21)11-6-7-17-9(11)2/h4-5,8-9,11,17H,3,6-7H2,1-2H3,(H,18,20)(H,19,21). The van der Waals surface area contributed by atoms with Crippen LogP contribution in [0.5, 0.6) is 0 Å². The molecule has 1 aromatic carbocycles. The summed E-state index contributed by atoms with van der Waals surface area (Å²) >= 11 is 6.11. The third-order valence-electron chi connectivity index (χ3n) is 3.69. The van der Waals surface area contributed by atoms with Gasteiger partial charge in [-0.2, -0.15) is 0 Å². The fourth-order valence-electron chi connectivity index (χ4n) is 2.39. The SMILES string of the molecule is CCC(=O)Nc1ccc(Cl)c(NC(=O)C2CCNC2C)c1. The fourth-order valence-corrected chi connectivity index (χ4v) is 2.56. The quantitative estimate of drug-likeness (QED) is 0.800. The van der Waals surface area contributed by atoms with Crippen molar-refractivity contribution in [1.82, 2.24) is 5.32 Å². The van der Waals surface area contributed by atoms with Crippen molar-refractivity contribution in [3.63, 3.8) is 0 Å². The highest BCUT2D eigenvalue weighted by Gasteiger charge is 2.29. The van der Waals surface area contributed by atoms with Crippen LogP contribution in [0.1, 0.15) is 26.7 Å². The Kier molecular flexibility index (Phi) is 5.20. The molecule has 6 heteroatoms. The first-order valence-electron chi connectivity index (χ1n) is 7.15. The fraction of sp³-hybridized carbons (Fsp3) is 0.467. The summed E-state index contributed by atoms with van der Waals surface area (Å²) in [6, 6.07) is 5.22. The van der Waals surface area contributed by atoms with Crippen LogP contribution in [0.3, 0.4) is 0 Å². The molecule has 2 unspecified atom stereocenters. The predicted molar refractivity (Wildman–Crippen MR) is 84.6 cm³/mol. The highest BCUT2D eigenvalue weighted by Crippen LogP contribution is 2.27. The van der Waals surface area contributed by atoms with E-state index in [0.29, 0.717) is 22.8 Å². The lowest BCUT2D eigenvalue weighted by Gasteiger charge is -2.16. The van der Waals surface area contributed by atoms with Gasteiger partial charge in [-0.05, 0) is 38.1 Å². The van der Waals surface area contributed by atoms with Crippen molar-refractivity contribution in [3.8, 4) is 0 Å². The minimum atomic E-state index is -0.0804. The average Bonchev–Trinajstić information content (AvgIpc) is 2.88. The van der Waals surface area contributed by atoms with E-state index in [4.69, 9.17) is 11.6 Å². The van der Waals surface area contributed by atoms with Gasteiger partial charge in [-0.15, -0.1) is 0 Å². The minimum Gasteiger partial charge on any atom is -0.326 e. The lowest BCUT2D eigenvalue weighted by atomic mass is 10.0. The van der Waals surface area contributed by atoms with E-state index in [2.05, 4.69) is 16.0 Å². The molecule has 2 rings (SSSR count). The van der Waals surface area contributed by atoms with Crippen molar-refractivity contribution >= 4 is 34.8 Å². The van der Waals surface area contributed by atoms with Gasteiger partial charge in [0.1, 0.15) is 0 Å². The summed E-state index contributed by atoms with van der Waals surface area (Å²) in [6.07, 6.45) is 1.21. The molecule has 21 heavy (non-hydrogen) atoms. The molecule has 0 bridgehead atoms. The molecule has 1 saturated heterocycles. The molecule has 3 N–H and O–H groups in total. The molecule has 1 aromatic rings. The Morgan fingerprint density at radius 3 is 2.76 bits per heavy atom. The maximum atomic E-state index is 12.3. The first kappa shape index (κ1) is 15.8. The summed E-state index contributed by atoms with van der Waals surface area (Å²) in [5.74, 6) is -0.188. The summed E-state index contributed by atoms with van der Waals surface area (Å²) in [6.45, 7) is 4.62. The number of carbonyl (C=O) groups is 2. The normalized spacial score (nSPS) is 21.1. The van der Waals surface area contributed by atoms with Crippen LogP contribution in [0.4, 0.5) is 11.4 Å². The van der Waals surface area contributed by atoms with Crippen LogP contribution >= 0.6 is 11.6 Å². The smallest absolute Gasteiger partial charge is 0.229 e. The number of hydrogen-bond donors (Lipinski definition) is 3. The van der Waals surface area contributed by atoms with Crippen molar-refractivity contribution in [3.05, 3.63) is 23.2 Å². The van der Waals surface area contributed by atoms with E-state index in [-0.39, 0.29) is 23.8 Å². The molecule has 5 nitrogen and oxygen atoms in total. The van der Waals surface area contributed by atoms with Gasteiger partial charge < -0.3 is 16.0 Å². The van der Waals surface area contributed by atoms with Gasteiger partial charge in [-0.1, -0.05) is 18.5 Å². The monoisotopic (exact) mass is 309 g/mol. The maximum Gasteiger partial charge on any atom is 0.229 e. The highest BCUT2D eigenvalue weighted by molar-refractivity contribution is 6.33. The molecular weight excluding hydrogens is 290 g/mol. The van der Waals surface area contributed by atoms with E-state index in [1.807, 2.05) is 6.92 Å². The van der Waals surface area contributed by atoms with Crippen LogP contribution in [0.15, 0.2) is 18.2 Å². The first-order valence-corrected chi connectivity index (χ1v) is 7.52. The Hall–Kier alpha value is -1.59. The number of hydrogen-bond acceptors (Lipinski definition) is 3. The number of anilines is 2. The van der Waals surface area contributed by atoms with Crippen molar-refractivity contribution in [1.29, 1.82) is 0 Å². The number of carbonyl (C=O) groups excluding carboxylic acids is 2. The van der Waals surface area contributed by atoms with Crippen molar-refractivity contribution in [2.75, 3.05) is 17.2 Å². The Balaban J connectivity index is 2.09. The zero-order valence-corrected chi connectivity index (χ0v) is 13.0. The highest BCUT2D eigenvalue weighted by atomic mass is 35.5. The molecule has 0 spiro atoms. The summed E-state index contributed by atoms with van der Waals surface area (Å²) in [4.78, 5) is 23.7. The van der Waals surface area contributed by atoms with E-state index in [1.54, 1.807) is 25.1 Å². The molecule has 1 aliphatic rings. The van der Waals surface area contributed by atoms with Crippen LogP contribution < -0.4 is 16.0 Å². The number of halogens is 1. The van der Waals surface area contributed by atoms with Gasteiger partial charge in [-0.3, -0.25) is 9.59 Å². The van der Waals surface area contributed by atoms with Crippen molar-refractivity contribution in [2.45, 2.75) is 32.7 Å². The second-order valence-corrected chi connectivity index (χ2v) is 5.63. The Bertz CT molecular complexity index is 548. The molecule has 114 valence electrons. The van der Waals surface area contributed by atoms with E-state index < -0.39 is 0 Å². The third kappa shape index (κ3) is 3.95. The molecule has 1 aliphatic heterocycles. The zero-order chi connectivity index (χ0) is 15.4. The summed E-state index contributed by atoms with van der Waals surface area (Å²) in [7, 11) is 0. The van der Waals surface area contributed by atoms with E-state index in [0.717, 1.165) is 13.0 Å². The number of benzene rings is 1. The Morgan fingerprint density at radius 1 is 1.38 bits per heavy atom. The summed E-state index contributed by atoms with van der Waals surface area (Å²) < 4.78 is 0. The van der Waals surface area contributed by atoms with Gasteiger partial charge in [0, 0.05) is 18.2 Å². The number of rotatable bonds is 4. The Morgan fingerprint density at radius 2 is 2.14 bits per heavy atom. The Labute approximate surface area is 129 Å². The molecule has 2 amide bonds. The third-order valence-corrected chi connectivity index (χ3v) is 4.02. The minimum absolute atomic E-state index is 0.0478. The van der Waals surface area contributed by atoms with Gasteiger partial charge in [0.15, 0.2) is 0 Å². The van der Waals surface area contributed by atoms with E-state index >= 15 is 0 Å². The summed E-state index contributed by atoms with van der Waals surface area (Å²) in [5.41, 5.74) is 1.15. The maximum absolute atomic E-state index is 12.3. The molecule has 0 aromatic heterocycles. The van der Waals surface area contributed by atoms with Crippen LogP contribution in [0.25, 0.3) is 0 Å². The molecule has 1 fully saturated rings. The van der Waals surface area contributed by atoms with E-state index in [1.165, 1.54) is 0 Å². The topological polar surface area (TPSA) is 70.2 Å². The van der Waals surface area contributed by atoms with Gasteiger partial charge in [0.25, 0.3) is 0 Å². The van der Waals surface area contributed by atoms with Gasteiger partial charge in [0.2, 0.25) is 11.8 Å². The second kappa shape index (κ2) is 6.91. The van der Waals surface area contributed by atoms with Crippen LogP contribution in [0, 0.1) is 5.92 Å². The van der Waals surface area contributed by atoms with Crippen LogP contribution in [-0.4, -0.2) is 24.4 Å². The average molecular weight is 310 g/mol. The summed E-state index contributed by atoms with van der Waals surface area (Å²) in [5, 5.41) is 9.30. The second-order valence-electron chi connectivity index (χ2n) is 5.22. The number of nitrogens with one attached hydrogen (secondary N) is 3. The van der Waals surface area contributed by atoms with Crippen LogP contribution in [0.2, 0.25) is 5.02 Å². The van der Waals surface area contributed by atoms with Crippen molar-refractivity contribution < 1.29 is 9.59 Å². The molecule has 0 radical (unpaired) electrons. The molecule has 1 heterocycles.